The zero-order valence-corrected chi connectivity index (χ0v) is 13.4. The molecule has 0 N–H and O–H groups in total. The third-order valence-electron chi connectivity index (χ3n) is 3.57. The molecule has 0 unspecified atom stereocenters. The van der Waals surface area contributed by atoms with E-state index in [1.807, 2.05) is 0 Å². The van der Waals surface area contributed by atoms with E-state index in [9.17, 15) is 17.6 Å². The molecule has 126 valence electrons. The number of hydrogen-bond donors (Lipinski definition) is 0. The highest BCUT2D eigenvalue weighted by atomic mass is 35.5. The van der Waals surface area contributed by atoms with Crippen LogP contribution in [0.1, 0.15) is 11.4 Å². The average molecular weight is 366 g/mol. The summed E-state index contributed by atoms with van der Waals surface area (Å²) in [5.41, 5.74) is -0.793. The van der Waals surface area contributed by atoms with Gasteiger partial charge in [-0.2, -0.15) is 5.26 Å². The summed E-state index contributed by atoms with van der Waals surface area (Å²) >= 11 is 6.03. The van der Waals surface area contributed by atoms with E-state index in [4.69, 9.17) is 16.9 Å². The zero-order valence-electron chi connectivity index (χ0n) is 12.6. The topological polar surface area (TPSA) is 41.6 Å². The molecule has 0 spiro atoms. The number of hydrogen-bond acceptors (Lipinski definition) is 2. The van der Waals surface area contributed by atoms with Gasteiger partial charge in [0, 0.05) is 6.07 Å². The molecule has 3 aromatic rings. The molecule has 0 fully saturated rings. The van der Waals surface area contributed by atoms with Crippen LogP contribution in [-0.4, -0.2) is 9.55 Å². The monoisotopic (exact) mass is 365 g/mol. The van der Waals surface area contributed by atoms with E-state index in [1.54, 1.807) is 6.07 Å². The van der Waals surface area contributed by atoms with Crippen LogP contribution >= 0.6 is 11.6 Å². The molecule has 0 radical (unpaired) electrons. The largest absolute Gasteiger partial charge is 0.295 e. The van der Waals surface area contributed by atoms with Crippen molar-refractivity contribution in [3.05, 3.63) is 70.1 Å². The zero-order chi connectivity index (χ0) is 18.3. The first-order chi connectivity index (χ1) is 11.8. The SMILES string of the molecule is Cc1nc(Cl)c(-c2c(F)cc(C#N)cc2F)n1-c1ccc(F)c(F)c1. The third-order valence-corrected chi connectivity index (χ3v) is 3.84. The van der Waals surface area contributed by atoms with Gasteiger partial charge in [-0.05, 0) is 31.2 Å². The highest BCUT2D eigenvalue weighted by Gasteiger charge is 2.24. The molecule has 0 atom stereocenters. The molecular formula is C17H8ClF4N3. The van der Waals surface area contributed by atoms with E-state index in [1.165, 1.54) is 17.6 Å². The summed E-state index contributed by atoms with van der Waals surface area (Å²) in [6.07, 6.45) is 0. The maximum Gasteiger partial charge on any atom is 0.160 e. The van der Waals surface area contributed by atoms with Crippen LogP contribution in [0.3, 0.4) is 0 Å². The molecule has 0 saturated carbocycles. The Kier molecular flexibility index (Phi) is 4.23. The summed E-state index contributed by atoms with van der Waals surface area (Å²) in [6, 6.07) is 6.32. The van der Waals surface area contributed by atoms with Crippen LogP contribution in [0, 0.1) is 41.5 Å². The Morgan fingerprint density at radius 2 is 1.64 bits per heavy atom. The molecule has 3 nitrogen and oxygen atoms in total. The molecule has 1 aromatic heterocycles. The van der Waals surface area contributed by atoms with E-state index < -0.39 is 28.8 Å². The van der Waals surface area contributed by atoms with Crippen LogP contribution in [0.4, 0.5) is 17.6 Å². The molecule has 0 aliphatic rings. The Hall–Kier alpha value is -2.85. The Morgan fingerprint density at radius 1 is 1.00 bits per heavy atom. The van der Waals surface area contributed by atoms with Crippen molar-refractivity contribution in [3.63, 3.8) is 0 Å². The van der Waals surface area contributed by atoms with Gasteiger partial charge in [0.25, 0.3) is 0 Å². The number of nitriles is 1. The summed E-state index contributed by atoms with van der Waals surface area (Å²) in [7, 11) is 0. The minimum Gasteiger partial charge on any atom is -0.295 e. The van der Waals surface area contributed by atoms with Crippen molar-refractivity contribution in [3.8, 4) is 23.0 Å². The van der Waals surface area contributed by atoms with Crippen molar-refractivity contribution in [2.24, 2.45) is 0 Å². The van der Waals surface area contributed by atoms with Gasteiger partial charge in [0.05, 0.1) is 28.6 Å². The van der Waals surface area contributed by atoms with Crippen molar-refractivity contribution in [1.82, 2.24) is 9.55 Å². The molecule has 0 aliphatic heterocycles. The van der Waals surface area contributed by atoms with E-state index in [-0.39, 0.29) is 27.9 Å². The number of halogens is 5. The highest BCUT2D eigenvalue weighted by Crippen LogP contribution is 2.35. The number of nitrogens with zero attached hydrogens (tertiary/aromatic N) is 3. The Bertz CT molecular complexity index is 1010. The van der Waals surface area contributed by atoms with Gasteiger partial charge in [0.1, 0.15) is 17.5 Å². The lowest BCUT2D eigenvalue weighted by molar-refractivity contribution is 0.508. The molecular weight excluding hydrogens is 358 g/mol. The number of aromatic nitrogens is 2. The lowest BCUT2D eigenvalue weighted by atomic mass is 10.1. The summed E-state index contributed by atoms with van der Waals surface area (Å²) in [5, 5.41) is 8.57. The third kappa shape index (κ3) is 2.85. The number of aryl methyl sites for hydroxylation is 1. The fourth-order valence-corrected chi connectivity index (χ4v) is 2.82. The first-order valence-corrected chi connectivity index (χ1v) is 7.31. The van der Waals surface area contributed by atoms with Crippen molar-refractivity contribution in [1.29, 1.82) is 5.26 Å². The fourth-order valence-electron chi connectivity index (χ4n) is 2.52. The summed E-state index contributed by atoms with van der Waals surface area (Å²) in [5.74, 6) is -4.03. The molecule has 8 heteroatoms. The molecule has 0 amide bonds. The average Bonchev–Trinajstić information content (AvgIpc) is 2.84. The standard InChI is InChI=1S/C17H8ClF4N3/c1-8-24-17(18)16(15-13(21)4-9(7-23)5-14(15)22)25(8)10-2-3-11(19)12(20)6-10/h2-6H,1H3. The van der Waals surface area contributed by atoms with Crippen molar-refractivity contribution in [2.75, 3.05) is 0 Å². The molecule has 0 bridgehead atoms. The van der Waals surface area contributed by atoms with Gasteiger partial charge < -0.3 is 0 Å². The predicted octanol–water partition coefficient (Wildman–Crippen LogP) is 4.93. The first kappa shape index (κ1) is 17.0. The van der Waals surface area contributed by atoms with Crippen molar-refractivity contribution >= 4 is 11.6 Å². The van der Waals surface area contributed by atoms with Gasteiger partial charge >= 0.3 is 0 Å². The lowest BCUT2D eigenvalue weighted by Gasteiger charge is -2.13. The molecule has 25 heavy (non-hydrogen) atoms. The van der Waals surface area contributed by atoms with Gasteiger partial charge in [0.2, 0.25) is 0 Å². The van der Waals surface area contributed by atoms with Crippen LogP contribution < -0.4 is 0 Å². The molecule has 0 aliphatic carbocycles. The number of rotatable bonds is 2. The van der Waals surface area contributed by atoms with E-state index in [2.05, 4.69) is 4.98 Å². The van der Waals surface area contributed by atoms with E-state index in [0.717, 1.165) is 24.3 Å². The molecule has 2 aromatic carbocycles. The summed E-state index contributed by atoms with van der Waals surface area (Å²) in [4.78, 5) is 3.95. The second kappa shape index (κ2) is 6.22. The second-order valence-electron chi connectivity index (χ2n) is 5.16. The fraction of sp³-hybridized carbons (Fsp3) is 0.0588. The van der Waals surface area contributed by atoms with E-state index in [0.29, 0.717) is 0 Å². The molecule has 1 heterocycles. The normalized spacial score (nSPS) is 10.8. The van der Waals surface area contributed by atoms with Crippen LogP contribution in [0.2, 0.25) is 5.15 Å². The Labute approximate surface area is 144 Å². The minimum atomic E-state index is -1.13. The lowest BCUT2D eigenvalue weighted by Crippen LogP contribution is -2.04. The Balaban J connectivity index is 2.33. The van der Waals surface area contributed by atoms with Gasteiger partial charge in [0.15, 0.2) is 16.8 Å². The molecule has 0 saturated heterocycles. The quantitative estimate of drug-likeness (QED) is 0.604. The smallest absolute Gasteiger partial charge is 0.160 e. The second-order valence-corrected chi connectivity index (χ2v) is 5.52. The molecule has 3 rings (SSSR count). The van der Waals surface area contributed by atoms with Crippen molar-refractivity contribution in [2.45, 2.75) is 6.92 Å². The van der Waals surface area contributed by atoms with Crippen LogP contribution in [0.15, 0.2) is 30.3 Å². The van der Waals surface area contributed by atoms with Crippen LogP contribution in [0.5, 0.6) is 0 Å². The minimum absolute atomic E-state index is 0.0916. The predicted molar refractivity (Wildman–Crippen MR) is 83.3 cm³/mol. The first-order valence-electron chi connectivity index (χ1n) is 6.93. The van der Waals surface area contributed by atoms with Gasteiger partial charge in [-0.3, -0.25) is 4.57 Å². The van der Waals surface area contributed by atoms with Gasteiger partial charge in [-0.15, -0.1) is 0 Å². The maximum atomic E-state index is 14.4. The number of imidazole rings is 1. The van der Waals surface area contributed by atoms with Gasteiger partial charge in [-0.1, -0.05) is 11.6 Å². The van der Waals surface area contributed by atoms with Crippen LogP contribution in [0.25, 0.3) is 16.9 Å². The summed E-state index contributed by atoms with van der Waals surface area (Å²) in [6.45, 7) is 1.50. The van der Waals surface area contributed by atoms with Crippen molar-refractivity contribution < 1.29 is 17.6 Å². The number of benzene rings is 2. The Morgan fingerprint density at radius 3 is 2.20 bits per heavy atom. The van der Waals surface area contributed by atoms with Gasteiger partial charge in [-0.25, -0.2) is 22.5 Å². The van der Waals surface area contributed by atoms with E-state index >= 15 is 0 Å². The van der Waals surface area contributed by atoms with Crippen LogP contribution in [-0.2, 0) is 0 Å². The highest BCUT2D eigenvalue weighted by molar-refractivity contribution is 6.32. The summed E-state index contributed by atoms with van der Waals surface area (Å²) < 4.78 is 56.7. The maximum absolute atomic E-state index is 14.4.